The van der Waals surface area contributed by atoms with Crippen LogP contribution in [0.2, 0.25) is 0 Å². The Morgan fingerprint density at radius 1 is 0.854 bits per heavy atom. The molecule has 5 atom stereocenters. The number of hydrogen-bond donors (Lipinski definition) is 8. The Hall–Kier alpha value is -4.82. The lowest BCUT2D eigenvalue weighted by molar-refractivity contribution is -0.234. The fraction of sp³-hybridized carbons (Fsp3) is 0.214. The number of fused-ring (bicyclic) bond motifs is 2. The number of rotatable bonds is 5. The molecule has 1 fully saturated rings. The summed E-state index contributed by atoms with van der Waals surface area (Å²) in [5.41, 5.74) is -1.25. The Labute approximate surface area is 229 Å². The van der Waals surface area contributed by atoms with Gasteiger partial charge in [-0.1, -0.05) is 12.1 Å². The SMILES string of the molecule is O=C(C=Cc1ccc(O)cc1)OCC1OC(c2c(O)cc3oc4cc(O)c(O)cc4c(=O)c3c2O)C(O)C(O)C1O. The van der Waals surface area contributed by atoms with E-state index < -0.39 is 82.5 Å². The van der Waals surface area contributed by atoms with Crippen molar-refractivity contribution in [2.75, 3.05) is 6.61 Å². The van der Waals surface area contributed by atoms with Gasteiger partial charge in [-0.3, -0.25) is 4.79 Å². The van der Waals surface area contributed by atoms with Gasteiger partial charge in [0.05, 0.1) is 10.9 Å². The molecule has 4 aromatic rings. The Kier molecular flexibility index (Phi) is 7.19. The smallest absolute Gasteiger partial charge is 0.330 e. The predicted octanol–water partition coefficient (Wildman–Crippen LogP) is 1.25. The van der Waals surface area contributed by atoms with E-state index in [4.69, 9.17) is 13.9 Å². The van der Waals surface area contributed by atoms with Gasteiger partial charge in [-0.05, 0) is 29.8 Å². The van der Waals surface area contributed by atoms with Gasteiger partial charge in [0.15, 0.2) is 11.5 Å². The van der Waals surface area contributed by atoms with Crippen molar-refractivity contribution in [1.29, 1.82) is 0 Å². The van der Waals surface area contributed by atoms with Gasteiger partial charge in [-0.15, -0.1) is 0 Å². The van der Waals surface area contributed by atoms with Crippen molar-refractivity contribution >= 4 is 34.0 Å². The number of aliphatic hydroxyl groups excluding tert-OH is 3. The number of benzene rings is 3. The fourth-order valence-corrected chi connectivity index (χ4v) is 4.59. The number of aromatic hydroxyl groups is 5. The number of carbonyl (C=O) groups excluding carboxylic acids is 1. The average molecular weight is 568 g/mol. The van der Waals surface area contributed by atoms with Crippen LogP contribution in [-0.2, 0) is 14.3 Å². The standard InChI is InChI=1S/C28H24O13/c29-12-4-1-11(2-5-12)3-6-20(33)39-10-19-24(35)26(37)27(38)28(41-19)21-16(32)9-18-22(25(21)36)23(34)13-7-14(30)15(31)8-17(13)40-18/h1-9,19,24,26-32,35-38H,10H2. The molecule has 0 radical (unpaired) electrons. The molecule has 0 saturated carbocycles. The van der Waals surface area contributed by atoms with Gasteiger partial charge in [0.1, 0.15) is 70.9 Å². The normalized spacial score (nSPS) is 22.9. The van der Waals surface area contributed by atoms with Crippen LogP contribution >= 0.6 is 0 Å². The summed E-state index contributed by atoms with van der Waals surface area (Å²) < 4.78 is 16.3. The lowest BCUT2D eigenvalue weighted by Gasteiger charge is -2.40. The Morgan fingerprint density at radius 3 is 2.22 bits per heavy atom. The van der Waals surface area contributed by atoms with E-state index in [0.29, 0.717) is 5.56 Å². The molecule has 214 valence electrons. The number of ether oxygens (including phenoxy) is 2. The molecule has 0 amide bonds. The molecule has 0 bridgehead atoms. The van der Waals surface area contributed by atoms with Crippen molar-refractivity contribution in [2.24, 2.45) is 0 Å². The second kappa shape index (κ2) is 10.6. The highest BCUT2D eigenvalue weighted by Crippen LogP contribution is 2.45. The molecule has 1 aliphatic rings. The molecule has 5 unspecified atom stereocenters. The van der Waals surface area contributed by atoms with Crippen LogP contribution < -0.4 is 5.43 Å². The molecule has 0 aliphatic carbocycles. The van der Waals surface area contributed by atoms with Gasteiger partial charge >= 0.3 is 5.97 Å². The lowest BCUT2D eigenvalue weighted by Crippen LogP contribution is -2.55. The van der Waals surface area contributed by atoms with E-state index in [9.17, 15) is 50.4 Å². The van der Waals surface area contributed by atoms with Gasteiger partial charge in [-0.2, -0.15) is 0 Å². The molecule has 5 rings (SSSR count). The average Bonchev–Trinajstić information content (AvgIpc) is 2.93. The number of hydrogen-bond acceptors (Lipinski definition) is 13. The number of esters is 1. The minimum atomic E-state index is -1.91. The van der Waals surface area contributed by atoms with E-state index in [2.05, 4.69) is 0 Å². The van der Waals surface area contributed by atoms with Crippen molar-refractivity contribution in [3.8, 4) is 28.7 Å². The third-order valence-electron chi connectivity index (χ3n) is 6.74. The van der Waals surface area contributed by atoms with E-state index in [0.717, 1.165) is 24.3 Å². The summed E-state index contributed by atoms with van der Waals surface area (Å²) in [5, 5.41) is 81.5. The highest BCUT2D eigenvalue weighted by Gasteiger charge is 2.46. The first-order valence-corrected chi connectivity index (χ1v) is 12.2. The Balaban J connectivity index is 1.44. The quantitative estimate of drug-likeness (QED) is 0.0735. The lowest BCUT2D eigenvalue weighted by atomic mass is 9.89. The van der Waals surface area contributed by atoms with Crippen LogP contribution in [0.5, 0.6) is 28.7 Å². The van der Waals surface area contributed by atoms with Crippen molar-refractivity contribution in [3.63, 3.8) is 0 Å². The van der Waals surface area contributed by atoms with E-state index in [1.165, 1.54) is 18.2 Å². The molecule has 2 heterocycles. The first kappa shape index (κ1) is 27.7. The van der Waals surface area contributed by atoms with Crippen LogP contribution in [0.15, 0.2) is 57.8 Å². The van der Waals surface area contributed by atoms with Gasteiger partial charge in [0.25, 0.3) is 0 Å². The van der Waals surface area contributed by atoms with E-state index >= 15 is 0 Å². The molecule has 41 heavy (non-hydrogen) atoms. The molecule has 13 nitrogen and oxygen atoms in total. The minimum absolute atomic E-state index is 0.0424. The number of aliphatic hydroxyl groups is 3. The molecule has 13 heteroatoms. The predicted molar refractivity (Wildman–Crippen MR) is 140 cm³/mol. The molecule has 8 N–H and O–H groups in total. The maximum absolute atomic E-state index is 13.2. The van der Waals surface area contributed by atoms with Crippen molar-refractivity contribution < 1.29 is 59.5 Å². The highest BCUT2D eigenvalue weighted by molar-refractivity contribution is 5.96. The first-order chi connectivity index (χ1) is 19.5. The summed E-state index contributed by atoms with van der Waals surface area (Å²) >= 11 is 0. The van der Waals surface area contributed by atoms with Crippen molar-refractivity contribution in [1.82, 2.24) is 0 Å². The topological polar surface area (TPSA) is 228 Å². The number of phenolic OH excluding ortho intramolecular Hbond substituents is 5. The van der Waals surface area contributed by atoms with E-state index in [1.807, 2.05) is 0 Å². The monoisotopic (exact) mass is 568 g/mol. The maximum Gasteiger partial charge on any atom is 0.330 e. The molecule has 1 aliphatic heterocycles. The summed E-state index contributed by atoms with van der Waals surface area (Å²) in [5.74, 6) is -3.58. The van der Waals surface area contributed by atoms with Gasteiger partial charge in [0.2, 0.25) is 5.43 Å². The van der Waals surface area contributed by atoms with Crippen molar-refractivity contribution in [3.05, 3.63) is 69.9 Å². The van der Waals surface area contributed by atoms with Crippen LogP contribution in [-0.4, -0.2) is 77.8 Å². The summed E-state index contributed by atoms with van der Waals surface area (Å²) in [6.07, 6.45) is -6.20. The largest absolute Gasteiger partial charge is 0.508 e. The summed E-state index contributed by atoms with van der Waals surface area (Å²) in [4.78, 5) is 25.4. The molecule has 1 aromatic heterocycles. The van der Waals surface area contributed by atoms with Crippen LogP contribution in [0, 0.1) is 0 Å². The summed E-state index contributed by atoms with van der Waals surface area (Å²) in [6, 6.07) is 8.79. The minimum Gasteiger partial charge on any atom is -0.508 e. The fourth-order valence-electron chi connectivity index (χ4n) is 4.59. The first-order valence-electron chi connectivity index (χ1n) is 12.2. The van der Waals surface area contributed by atoms with Crippen LogP contribution in [0.25, 0.3) is 28.0 Å². The zero-order valence-corrected chi connectivity index (χ0v) is 20.9. The third kappa shape index (κ3) is 5.10. The van der Waals surface area contributed by atoms with Gasteiger partial charge in [0, 0.05) is 18.2 Å². The third-order valence-corrected chi connectivity index (χ3v) is 6.74. The number of carbonyl (C=O) groups is 1. The molecule has 0 spiro atoms. The summed E-state index contributed by atoms with van der Waals surface area (Å²) in [6.45, 7) is -0.606. The summed E-state index contributed by atoms with van der Waals surface area (Å²) in [7, 11) is 0. The molecular weight excluding hydrogens is 544 g/mol. The molecule has 3 aromatic carbocycles. The zero-order chi connectivity index (χ0) is 29.6. The number of phenols is 5. The van der Waals surface area contributed by atoms with Gasteiger partial charge in [-0.25, -0.2) is 4.79 Å². The van der Waals surface area contributed by atoms with E-state index in [1.54, 1.807) is 12.1 Å². The second-order valence-corrected chi connectivity index (χ2v) is 9.42. The molecular formula is C28H24O13. The molecule has 1 saturated heterocycles. The van der Waals surface area contributed by atoms with Gasteiger partial charge < -0.3 is 54.7 Å². The van der Waals surface area contributed by atoms with Crippen LogP contribution in [0.1, 0.15) is 17.2 Å². The zero-order valence-electron chi connectivity index (χ0n) is 20.9. The second-order valence-electron chi connectivity index (χ2n) is 9.42. The maximum atomic E-state index is 13.2. The Bertz CT molecular complexity index is 1720. The van der Waals surface area contributed by atoms with E-state index in [-0.39, 0.29) is 22.3 Å². The Morgan fingerprint density at radius 2 is 1.51 bits per heavy atom. The van der Waals surface area contributed by atoms with Crippen LogP contribution in [0.3, 0.4) is 0 Å². The van der Waals surface area contributed by atoms with Crippen molar-refractivity contribution in [2.45, 2.75) is 30.5 Å². The van der Waals surface area contributed by atoms with Crippen LogP contribution in [0.4, 0.5) is 0 Å². The highest BCUT2D eigenvalue weighted by atomic mass is 16.6.